The lowest BCUT2D eigenvalue weighted by atomic mass is 10.0. The van der Waals surface area contributed by atoms with Gasteiger partial charge < -0.3 is 20.1 Å². The number of aryl methyl sites for hydroxylation is 1. The Hall–Kier alpha value is -3.49. The first-order chi connectivity index (χ1) is 16.4. The Bertz CT molecular complexity index is 1390. The van der Waals surface area contributed by atoms with Gasteiger partial charge in [0.05, 0.1) is 41.1 Å². The molecule has 176 valence electrons. The van der Waals surface area contributed by atoms with Crippen molar-refractivity contribution in [3.8, 4) is 22.8 Å². The fourth-order valence-corrected chi connectivity index (χ4v) is 4.08. The van der Waals surface area contributed by atoms with Gasteiger partial charge in [-0.15, -0.1) is 0 Å². The van der Waals surface area contributed by atoms with E-state index in [1.807, 2.05) is 19.9 Å². The van der Waals surface area contributed by atoms with E-state index in [1.165, 1.54) is 14.2 Å². The van der Waals surface area contributed by atoms with Crippen molar-refractivity contribution in [3.63, 3.8) is 0 Å². The maximum absolute atomic E-state index is 13.1. The Kier molecular flexibility index (Phi) is 6.81. The van der Waals surface area contributed by atoms with Crippen LogP contribution < -0.4 is 20.1 Å². The molecular weight excluding hydrogens is 477 g/mol. The molecule has 0 unspecified atom stereocenters. The summed E-state index contributed by atoms with van der Waals surface area (Å²) in [6, 6.07) is 8.73. The van der Waals surface area contributed by atoms with Crippen molar-refractivity contribution in [1.29, 1.82) is 0 Å². The van der Waals surface area contributed by atoms with Crippen LogP contribution in [0.2, 0.25) is 10.0 Å². The van der Waals surface area contributed by atoms with Crippen molar-refractivity contribution < 1.29 is 14.3 Å². The van der Waals surface area contributed by atoms with E-state index in [4.69, 9.17) is 37.7 Å². The van der Waals surface area contributed by atoms with E-state index in [9.17, 15) is 4.79 Å². The van der Waals surface area contributed by atoms with Crippen LogP contribution >= 0.6 is 23.2 Å². The van der Waals surface area contributed by atoms with E-state index in [2.05, 4.69) is 15.6 Å². The van der Waals surface area contributed by atoms with Gasteiger partial charge in [0.15, 0.2) is 0 Å². The van der Waals surface area contributed by atoms with Crippen molar-refractivity contribution in [2.24, 2.45) is 0 Å². The number of hydrogen-bond acceptors (Lipinski definition) is 6. The van der Waals surface area contributed by atoms with Gasteiger partial charge in [0, 0.05) is 25.0 Å². The SMILES string of the molecule is CCNC(=O)c1cc(OC)cc(OC)c1-c1nc2ncccn2c1Nc1c(Cl)ccc(C)c1Cl. The molecule has 2 aromatic carbocycles. The van der Waals surface area contributed by atoms with E-state index >= 15 is 0 Å². The first-order valence-electron chi connectivity index (χ1n) is 10.5. The second kappa shape index (κ2) is 9.79. The lowest BCUT2D eigenvalue weighted by Gasteiger charge is -2.17. The summed E-state index contributed by atoms with van der Waals surface area (Å²) in [6.07, 6.45) is 3.44. The summed E-state index contributed by atoms with van der Waals surface area (Å²) >= 11 is 13.1. The molecule has 0 aliphatic heterocycles. The van der Waals surface area contributed by atoms with Crippen LogP contribution in [0.4, 0.5) is 11.5 Å². The van der Waals surface area contributed by atoms with Gasteiger partial charge in [-0.3, -0.25) is 9.20 Å². The van der Waals surface area contributed by atoms with Gasteiger partial charge in [0.1, 0.15) is 23.0 Å². The van der Waals surface area contributed by atoms with Crippen LogP contribution in [0.3, 0.4) is 0 Å². The van der Waals surface area contributed by atoms with E-state index in [1.54, 1.807) is 41.1 Å². The fraction of sp³-hybridized carbons (Fsp3) is 0.208. The molecule has 4 aromatic rings. The monoisotopic (exact) mass is 499 g/mol. The van der Waals surface area contributed by atoms with Gasteiger partial charge >= 0.3 is 0 Å². The van der Waals surface area contributed by atoms with Gasteiger partial charge in [0.25, 0.3) is 5.91 Å². The molecule has 0 saturated heterocycles. The van der Waals surface area contributed by atoms with Crippen molar-refractivity contribution in [1.82, 2.24) is 19.7 Å². The van der Waals surface area contributed by atoms with Gasteiger partial charge in [0.2, 0.25) is 5.78 Å². The number of ether oxygens (including phenoxy) is 2. The van der Waals surface area contributed by atoms with Gasteiger partial charge in [-0.05, 0) is 37.6 Å². The molecule has 0 atom stereocenters. The Morgan fingerprint density at radius 1 is 1.18 bits per heavy atom. The number of benzene rings is 2. The number of methoxy groups -OCH3 is 2. The van der Waals surface area contributed by atoms with Crippen LogP contribution in [0, 0.1) is 6.92 Å². The van der Waals surface area contributed by atoms with E-state index < -0.39 is 0 Å². The zero-order chi connectivity index (χ0) is 24.4. The number of amides is 1. The number of imidazole rings is 1. The topological polar surface area (TPSA) is 89.8 Å². The molecule has 2 N–H and O–H groups in total. The van der Waals surface area contributed by atoms with Crippen LogP contribution in [0.1, 0.15) is 22.8 Å². The molecule has 0 aliphatic rings. The highest BCUT2D eigenvalue weighted by molar-refractivity contribution is 6.39. The Labute approximate surface area is 206 Å². The third kappa shape index (κ3) is 4.22. The summed E-state index contributed by atoms with van der Waals surface area (Å²) in [5.74, 6) is 1.53. The molecule has 0 saturated carbocycles. The molecule has 0 aliphatic carbocycles. The normalized spacial score (nSPS) is 10.9. The molecule has 8 nitrogen and oxygen atoms in total. The molecule has 0 spiro atoms. The number of fused-ring (bicyclic) bond motifs is 1. The van der Waals surface area contributed by atoms with Gasteiger partial charge in [-0.1, -0.05) is 29.3 Å². The second-order valence-electron chi connectivity index (χ2n) is 7.39. The molecule has 10 heteroatoms. The summed E-state index contributed by atoms with van der Waals surface area (Å²) in [6.45, 7) is 4.18. The first-order valence-corrected chi connectivity index (χ1v) is 11.2. The smallest absolute Gasteiger partial charge is 0.252 e. The van der Waals surface area contributed by atoms with Gasteiger partial charge in [-0.25, -0.2) is 9.97 Å². The molecule has 34 heavy (non-hydrogen) atoms. The summed E-state index contributed by atoms with van der Waals surface area (Å²) in [5, 5.41) is 7.08. The van der Waals surface area contributed by atoms with Crippen LogP contribution in [-0.2, 0) is 0 Å². The average molecular weight is 500 g/mol. The Balaban J connectivity index is 2.04. The largest absolute Gasteiger partial charge is 0.497 e. The average Bonchev–Trinajstić information content (AvgIpc) is 3.21. The third-order valence-electron chi connectivity index (χ3n) is 5.28. The molecule has 0 fully saturated rings. The zero-order valence-corrected chi connectivity index (χ0v) is 20.6. The highest BCUT2D eigenvalue weighted by Gasteiger charge is 2.26. The van der Waals surface area contributed by atoms with Crippen molar-refractivity contribution >= 4 is 46.4 Å². The molecular formula is C24H23Cl2N5O3. The Morgan fingerprint density at radius 2 is 1.97 bits per heavy atom. The van der Waals surface area contributed by atoms with E-state index in [0.717, 1.165) is 5.56 Å². The summed E-state index contributed by atoms with van der Waals surface area (Å²) in [4.78, 5) is 22.2. The van der Waals surface area contributed by atoms with E-state index in [-0.39, 0.29) is 5.91 Å². The highest BCUT2D eigenvalue weighted by atomic mass is 35.5. The molecule has 4 rings (SSSR count). The highest BCUT2D eigenvalue weighted by Crippen LogP contribution is 2.43. The van der Waals surface area contributed by atoms with E-state index in [0.29, 0.717) is 62.2 Å². The van der Waals surface area contributed by atoms with Crippen LogP contribution in [0.15, 0.2) is 42.7 Å². The number of aromatic nitrogens is 3. The summed E-state index contributed by atoms with van der Waals surface area (Å²) < 4.78 is 12.8. The number of carbonyl (C=O) groups excluding carboxylic acids is 1. The second-order valence-corrected chi connectivity index (χ2v) is 8.17. The fourth-order valence-electron chi connectivity index (χ4n) is 3.62. The molecule has 1 amide bonds. The number of hydrogen-bond donors (Lipinski definition) is 2. The molecule has 2 aromatic heterocycles. The number of carbonyl (C=O) groups is 1. The number of anilines is 2. The summed E-state index contributed by atoms with van der Waals surface area (Å²) in [5.41, 5.74) is 2.62. The third-order valence-corrected chi connectivity index (χ3v) is 6.08. The molecule has 0 bridgehead atoms. The van der Waals surface area contributed by atoms with Crippen LogP contribution in [0.5, 0.6) is 11.5 Å². The van der Waals surface area contributed by atoms with Crippen LogP contribution in [-0.4, -0.2) is 41.0 Å². The number of halogens is 2. The summed E-state index contributed by atoms with van der Waals surface area (Å²) in [7, 11) is 3.05. The maximum Gasteiger partial charge on any atom is 0.252 e. The lowest BCUT2D eigenvalue weighted by Crippen LogP contribution is -2.23. The lowest BCUT2D eigenvalue weighted by molar-refractivity contribution is 0.0956. The van der Waals surface area contributed by atoms with Crippen LogP contribution in [0.25, 0.3) is 17.0 Å². The number of nitrogens with one attached hydrogen (secondary N) is 2. The minimum atomic E-state index is -0.294. The molecule has 0 radical (unpaired) electrons. The van der Waals surface area contributed by atoms with Crippen molar-refractivity contribution in [2.75, 3.05) is 26.1 Å². The predicted octanol–water partition coefficient (Wildman–Crippen LogP) is 5.52. The maximum atomic E-state index is 13.1. The molecule has 2 heterocycles. The number of nitrogens with zero attached hydrogens (tertiary/aromatic N) is 3. The van der Waals surface area contributed by atoms with Gasteiger partial charge in [-0.2, -0.15) is 0 Å². The number of rotatable bonds is 7. The first kappa shape index (κ1) is 23.7. The van der Waals surface area contributed by atoms with Crippen molar-refractivity contribution in [2.45, 2.75) is 13.8 Å². The minimum absolute atomic E-state index is 0.294. The Morgan fingerprint density at radius 3 is 2.68 bits per heavy atom. The standard InChI is InChI=1S/C24H23Cl2N5O3/c1-5-27-23(32)15-11-14(33-3)12-17(34-4)18(15)21-22(31-10-6-9-28-24(31)30-21)29-20-16(25)8-7-13(2)19(20)26/h6-12,29H,5H2,1-4H3,(H,27,32). The zero-order valence-electron chi connectivity index (χ0n) is 19.1. The predicted molar refractivity (Wildman–Crippen MR) is 134 cm³/mol. The minimum Gasteiger partial charge on any atom is -0.497 e. The quantitative estimate of drug-likeness (QED) is 0.347. The van der Waals surface area contributed by atoms with Crippen molar-refractivity contribution in [3.05, 3.63) is 63.9 Å².